The van der Waals surface area contributed by atoms with Gasteiger partial charge in [0.2, 0.25) is 0 Å². The first-order valence-electron chi connectivity index (χ1n) is 6.62. The monoisotopic (exact) mass is 309 g/mol. The molecule has 0 bridgehead atoms. The van der Waals surface area contributed by atoms with Crippen molar-refractivity contribution in [2.75, 3.05) is 18.5 Å². The van der Waals surface area contributed by atoms with Gasteiger partial charge in [-0.2, -0.15) is 0 Å². The van der Waals surface area contributed by atoms with Gasteiger partial charge in [0.1, 0.15) is 5.75 Å². The number of ether oxygens (including phenoxy) is 1. The number of benzene rings is 2. The number of halogens is 2. The summed E-state index contributed by atoms with van der Waals surface area (Å²) >= 11 is 11.9. The predicted molar refractivity (Wildman–Crippen MR) is 86.1 cm³/mol. The van der Waals surface area contributed by atoms with E-state index >= 15 is 0 Å². The third kappa shape index (κ3) is 4.95. The van der Waals surface area contributed by atoms with E-state index in [4.69, 9.17) is 27.9 Å². The van der Waals surface area contributed by atoms with Crippen molar-refractivity contribution in [2.45, 2.75) is 12.8 Å². The summed E-state index contributed by atoms with van der Waals surface area (Å²) < 4.78 is 5.63. The van der Waals surface area contributed by atoms with Crippen LogP contribution >= 0.6 is 23.2 Å². The average molecular weight is 310 g/mol. The van der Waals surface area contributed by atoms with Crippen LogP contribution in [-0.4, -0.2) is 13.2 Å². The number of anilines is 1. The predicted octanol–water partition coefficient (Wildman–Crippen LogP) is 5.26. The Morgan fingerprint density at radius 2 is 1.75 bits per heavy atom. The summed E-state index contributed by atoms with van der Waals surface area (Å²) in [5.41, 5.74) is 1.15. The molecule has 106 valence electrons. The van der Waals surface area contributed by atoms with Gasteiger partial charge in [-0.15, -0.1) is 0 Å². The number of para-hydroxylation sites is 1. The maximum atomic E-state index is 6.03. The highest BCUT2D eigenvalue weighted by molar-refractivity contribution is 6.35. The molecule has 0 amide bonds. The van der Waals surface area contributed by atoms with Crippen molar-refractivity contribution in [1.82, 2.24) is 0 Å². The topological polar surface area (TPSA) is 21.3 Å². The molecule has 20 heavy (non-hydrogen) atoms. The molecule has 2 rings (SSSR count). The first-order chi connectivity index (χ1) is 9.75. The largest absolute Gasteiger partial charge is 0.492 e. The third-order valence-electron chi connectivity index (χ3n) is 2.83. The fraction of sp³-hybridized carbons (Fsp3) is 0.250. The number of rotatable bonds is 7. The Kier molecular flexibility index (Phi) is 6.03. The van der Waals surface area contributed by atoms with E-state index < -0.39 is 0 Å². The quantitative estimate of drug-likeness (QED) is 0.704. The highest BCUT2D eigenvalue weighted by Gasteiger charge is 2.01. The molecule has 0 radical (unpaired) electrons. The fourth-order valence-corrected chi connectivity index (χ4v) is 2.25. The van der Waals surface area contributed by atoms with Gasteiger partial charge in [-0.3, -0.25) is 0 Å². The van der Waals surface area contributed by atoms with E-state index in [-0.39, 0.29) is 0 Å². The molecule has 0 spiro atoms. The number of unbranched alkanes of at least 4 members (excludes halogenated alkanes) is 1. The van der Waals surface area contributed by atoms with E-state index in [9.17, 15) is 0 Å². The Bertz CT molecular complexity index is 531. The standard InChI is InChI=1S/C16H17Cl2NO/c17-13-8-9-16(15(18)12-13)20-11-5-4-10-19-14-6-2-1-3-7-14/h1-3,6-9,12,19H,4-5,10-11H2. The van der Waals surface area contributed by atoms with Crippen LogP contribution in [0.4, 0.5) is 5.69 Å². The average Bonchev–Trinajstić information content (AvgIpc) is 2.46. The number of nitrogens with one attached hydrogen (secondary N) is 1. The lowest BCUT2D eigenvalue weighted by atomic mass is 10.3. The molecule has 2 aromatic carbocycles. The minimum absolute atomic E-state index is 0.555. The van der Waals surface area contributed by atoms with E-state index in [2.05, 4.69) is 17.4 Å². The molecule has 0 aliphatic rings. The summed E-state index contributed by atoms with van der Waals surface area (Å²) in [6, 6.07) is 15.4. The van der Waals surface area contributed by atoms with Crippen LogP contribution in [0.5, 0.6) is 5.75 Å². The number of hydrogen-bond donors (Lipinski definition) is 1. The van der Waals surface area contributed by atoms with Crippen LogP contribution in [0.3, 0.4) is 0 Å². The van der Waals surface area contributed by atoms with Gasteiger partial charge in [0.25, 0.3) is 0 Å². The smallest absolute Gasteiger partial charge is 0.137 e. The first kappa shape index (κ1) is 15.0. The highest BCUT2D eigenvalue weighted by atomic mass is 35.5. The van der Waals surface area contributed by atoms with Crippen molar-refractivity contribution >= 4 is 28.9 Å². The maximum Gasteiger partial charge on any atom is 0.137 e. The van der Waals surface area contributed by atoms with E-state index in [0.29, 0.717) is 22.4 Å². The Labute approximate surface area is 129 Å². The molecule has 2 aromatic rings. The summed E-state index contributed by atoms with van der Waals surface area (Å²) in [7, 11) is 0. The first-order valence-corrected chi connectivity index (χ1v) is 7.38. The summed E-state index contributed by atoms with van der Waals surface area (Å²) in [6.45, 7) is 1.58. The van der Waals surface area contributed by atoms with Crippen molar-refractivity contribution in [2.24, 2.45) is 0 Å². The van der Waals surface area contributed by atoms with Crippen LogP contribution in [0.25, 0.3) is 0 Å². The normalized spacial score (nSPS) is 10.3. The molecule has 2 nitrogen and oxygen atoms in total. The Hall–Kier alpha value is -1.38. The Morgan fingerprint density at radius 3 is 2.50 bits per heavy atom. The van der Waals surface area contributed by atoms with Crippen molar-refractivity contribution in [3.05, 3.63) is 58.6 Å². The lowest BCUT2D eigenvalue weighted by Gasteiger charge is -2.09. The van der Waals surface area contributed by atoms with E-state index in [0.717, 1.165) is 25.1 Å². The van der Waals surface area contributed by atoms with Gasteiger partial charge < -0.3 is 10.1 Å². The second kappa shape index (κ2) is 8.03. The van der Waals surface area contributed by atoms with E-state index in [1.165, 1.54) is 0 Å². The van der Waals surface area contributed by atoms with Crippen LogP contribution in [0.15, 0.2) is 48.5 Å². The van der Waals surface area contributed by atoms with Gasteiger partial charge in [0.15, 0.2) is 0 Å². The van der Waals surface area contributed by atoms with Gasteiger partial charge in [0, 0.05) is 17.3 Å². The van der Waals surface area contributed by atoms with E-state index in [1.807, 2.05) is 18.2 Å². The van der Waals surface area contributed by atoms with Crippen molar-refractivity contribution in [3.8, 4) is 5.75 Å². The SMILES string of the molecule is Clc1ccc(OCCCCNc2ccccc2)c(Cl)c1. The molecular weight excluding hydrogens is 293 g/mol. The van der Waals surface area contributed by atoms with Crippen molar-refractivity contribution in [3.63, 3.8) is 0 Å². The summed E-state index contributed by atoms with van der Waals surface area (Å²) in [5, 5.41) is 4.54. The molecule has 0 fully saturated rings. The molecule has 0 saturated carbocycles. The van der Waals surface area contributed by atoms with E-state index in [1.54, 1.807) is 18.2 Å². The maximum absolute atomic E-state index is 6.03. The van der Waals surface area contributed by atoms with Crippen LogP contribution in [0, 0.1) is 0 Å². The zero-order valence-corrected chi connectivity index (χ0v) is 12.6. The summed E-state index contributed by atoms with van der Waals surface area (Å²) in [4.78, 5) is 0. The lowest BCUT2D eigenvalue weighted by Crippen LogP contribution is -2.04. The second-order valence-corrected chi connectivity index (χ2v) is 5.27. The van der Waals surface area contributed by atoms with Crippen molar-refractivity contribution in [1.29, 1.82) is 0 Å². The lowest BCUT2D eigenvalue weighted by molar-refractivity contribution is 0.308. The third-order valence-corrected chi connectivity index (χ3v) is 3.36. The van der Waals surface area contributed by atoms with Gasteiger partial charge in [-0.1, -0.05) is 41.4 Å². The summed E-state index contributed by atoms with van der Waals surface area (Å²) in [6.07, 6.45) is 2.01. The Morgan fingerprint density at radius 1 is 0.950 bits per heavy atom. The minimum Gasteiger partial charge on any atom is -0.492 e. The molecule has 1 N–H and O–H groups in total. The van der Waals surface area contributed by atoms with Crippen LogP contribution in [0.1, 0.15) is 12.8 Å². The van der Waals surface area contributed by atoms with Crippen LogP contribution in [0.2, 0.25) is 10.0 Å². The fourth-order valence-electron chi connectivity index (χ4n) is 1.79. The van der Waals surface area contributed by atoms with Gasteiger partial charge >= 0.3 is 0 Å². The molecule has 4 heteroatoms. The van der Waals surface area contributed by atoms with Gasteiger partial charge in [0.05, 0.1) is 11.6 Å². The minimum atomic E-state index is 0.555. The molecule has 0 saturated heterocycles. The zero-order chi connectivity index (χ0) is 14.2. The highest BCUT2D eigenvalue weighted by Crippen LogP contribution is 2.27. The van der Waals surface area contributed by atoms with Crippen LogP contribution < -0.4 is 10.1 Å². The van der Waals surface area contributed by atoms with Gasteiger partial charge in [-0.05, 0) is 43.2 Å². The molecule has 0 heterocycles. The zero-order valence-electron chi connectivity index (χ0n) is 11.1. The van der Waals surface area contributed by atoms with Crippen molar-refractivity contribution < 1.29 is 4.74 Å². The molecule has 0 unspecified atom stereocenters. The summed E-state index contributed by atoms with van der Waals surface area (Å²) in [5.74, 6) is 0.687. The molecule has 0 aliphatic heterocycles. The molecule has 0 aromatic heterocycles. The van der Waals surface area contributed by atoms with Crippen LogP contribution in [-0.2, 0) is 0 Å². The second-order valence-electron chi connectivity index (χ2n) is 4.42. The molecular formula is C16H17Cl2NO. The number of hydrogen-bond acceptors (Lipinski definition) is 2. The van der Waals surface area contributed by atoms with Gasteiger partial charge in [-0.25, -0.2) is 0 Å². The Balaban J connectivity index is 1.62. The molecule has 0 aliphatic carbocycles. The molecule has 0 atom stereocenters.